The van der Waals surface area contributed by atoms with Crippen LogP contribution < -0.4 is 10.6 Å². The Bertz CT molecular complexity index is 555. The number of aliphatic imine (C=N–C) groups is 1. The van der Waals surface area contributed by atoms with Crippen molar-refractivity contribution >= 4 is 22.5 Å². The van der Waals surface area contributed by atoms with Gasteiger partial charge in [0.05, 0.1) is 18.3 Å². The number of benzene rings is 1. The van der Waals surface area contributed by atoms with E-state index in [0.717, 1.165) is 35.6 Å². The van der Waals surface area contributed by atoms with Crippen LogP contribution in [0.3, 0.4) is 0 Å². The fourth-order valence-corrected chi connectivity index (χ4v) is 1.86. The van der Waals surface area contributed by atoms with Gasteiger partial charge in [0.25, 0.3) is 0 Å². The molecular formula is C11H13N5. The Balaban J connectivity index is 1.92. The van der Waals surface area contributed by atoms with Crippen LogP contribution >= 0.6 is 0 Å². The van der Waals surface area contributed by atoms with Crippen LogP contribution in [0.5, 0.6) is 0 Å². The van der Waals surface area contributed by atoms with Gasteiger partial charge in [-0.15, -0.1) is 0 Å². The third-order valence-electron chi connectivity index (χ3n) is 2.68. The van der Waals surface area contributed by atoms with Crippen molar-refractivity contribution in [1.82, 2.24) is 15.1 Å². The molecule has 0 saturated heterocycles. The SMILES string of the molecule is Cn1ncc2cc(NC3=NCCN3)ccc21. The van der Waals surface area contributed by atoms with E-state index in [1.807, 2.05) is 24.0 Å². The number of hydrogen-bond donors (Lipinski definition) is 2. The van der Waals surface area contributed by atoms with Crippen molar-refractivity contribution in [3.05, 3.63) is 24.4 Å². The average Bonchev–Trinajstić information content (AvgIpc) is 2.90. The van der Waals surface area contributed by atoms with Crippen molar-refractivity contribution in [1.29, 1.82) is 0 Å². The van der Waals surface area contributed by atoms with Crippen molar-refractivity contribution in [2.24, 2.45) is 12.0 Å². The number of hydrogen-bond acceptors (Lipinski definition) is 4. The highest BCUT2D eigenvalue weighted by molar-refractivity contribution is 5.96. The predicted octanol–water partition coefficient (Wildman–Crippen LogP) is 0.944. The van der Waals surface area contributed by atoms with Gasteiger partial charge in [-0.2, -0.15) is 5.10 Å². The van der Waals surface area contributed by atoms with E-state index in [-0.39, 0.29) is 0 Å². The van der Waals surface area contributed by atoms with Crippen molar-refractivity contribution in [3.8, 4) is 0 Å². The van der Waals surface area contributed by atoms with Crippen molar-refractivity contribution < 1.29 is 0 Å². The maximum absolute atomic E-state index is 4.29. The summed E-state index contributed by atoms with van der Waals surface area (Å²) < 4.78 is 1.87. The molecule has 0 saturated carbocycles. The van der Waals surface area contributed by atoms with E-state index < -0.39 is 0 Å². The van der Waals surface area contributed by atoms with Crippen LogP contribution in [0.1, 0.15) is 0 Å². The van der Waals surface area contributed by atoms with Crippen LogP contribution in [0.15, 0.2) is 29.4 Å². The first-order chi connectivity index (χ1) is 7.83. The quantitative estimate of drug-likeness (QED) is 0.744. The molecule has 3 rings (SSSR count). The van der Waals surface area contributed by atoms with E-state index in [1.165, 1.54) is 0 Å². The molecule has 0 fully saturated rings. The number of fused-ring (bicyclic) bond motifs is 1. The van der Waals surface area contributed by atoms with Gasteiger partial charge in [-0.1, -0.05) is 0 Å². The topological polar surface area (TPSA) is 54.2 Å². The van der Waals surface area contributed by atoms with Crippen molar-refractivity contribution in [3.63, 3.8) is 0 Å². The summed E-state index contributed by atoms with van der Waals surface area (Å²) in [4.78, 5) is 4.29. The molecule has 16 heavy (non-hydrogen) atoms. The molecule has 1 aromatic carbocycles. The third-order valence-corrected chi connectivity index (χ3v) is 2.68. The van der Waals surface area contributed by atoms with Crippen LogP contribution in [0.2, 0.25) is 0 Å². The number of anilines is 1. The van der Waals surface area contributed by atoms with Crippen LogP contribution in [0, 0.1) is 0 Å². The van der Waals surface area contributed by atoms with Crippen LogP contribution in [-0.2, 0) is 7.05 Å². The summed E-state index contributed by atoms with van der Waals surface area (Å²) in [7, 11) is 1.94. The lowest BCUT2D eigenvalue weighted by Gasteiger charge is -2.06. The maximum Gasteiger partial charge on any atom is 0.195 e. The summed E-state index contributed by atoms with van der Waals surface area (Å²) in [6, 6.07) is 6.16. The second-order valence-corrected chi connectivity index (χ2v) is 3.82. The van der Waals surface area contributed by atoms with E-state index in [1.54, 1.807) is 0 Å². The molecule has 1 aliphatic rings. The Morgan fingerprint density at radius 1 is 1.44 bits per heavy atom. The van der Waals surface area contributed by atoms with Gasteiger partial charge in [0, 0.05) is 24.7 Å². The highest BCUT2D eigenvalue weighted by atomic mass is 15.2. The van der Waals surface area contributed by atoms with Crippen LogP contribution in [-0.4, -0.2) is 28.8 Å². The molecule has 0 radical (unpaired) electrons. The molecule has 0 unspecified atom stereocenters. The molecule has 0 atom stereocenters. The number of aryl methyl sites for hydroxylation is 1. The Morgan fingerprint density at radius 2 is 2.38 bits per heavy atom. The molecule has 2 aromatic rings. The standard InChI is InChI=1S/C11H13N5/c1-16-10-3-2-9(6-8(10)7-14-16)15-11-12-4-5-13-11/h2-3,6-7H,4-5H2,1H3,(H2,12,13,15). The van der Waals surface area contributed by atoms with E-state index >= 15 is 0 Å². The first-order valence-corrected chi connectivity index (χ1v) is 5.30. The Morgan fingerprint density at radius 3 is 3.19 bits per heavy atom. The molecule has 5 heteroatoms. The lowest BCUT2D eigenvalue weighted by atomic mass is 10.2. The Hall–Kier alpha value is -2.04. The summed E-state index contributed by atoms with van der Waals surface area (Å²) in [6.07, 6.45) is 1.87. The van der Waals surface area contributed by atoms with Gasteiger partial charge >= 0.3 is 0 Å². The Labute approximate surface area is 93.2 Å². The molecule has 2 heterocycles. The molecule has 2 N–H and O–H groups in total. The normalized spacial score (nSPS) is 14.9. The first kappa shape index (κ1) is 9.21. The third kappa shape index (κ3) is 1.50. The lowest BCUT2D eigenvalue weighted by Crippen LogP contribution is -2.26. The summed E-state index contributed by atoms with van der Waals surface area (Å²) in [5.41, 5.74) is 2.17. The van der Waals surface area contributed by atoms with Gasteiger partial charge in [0.15, 0.2) is 5.96 Å². The number of aromatic nitrogens is 2. The molecular weight excluding hydrogens is 202 g/mol. The maximum atomic E-state index is 4.29. The van der Waals surface area contributed by atoms with E-state index in [4.69, 9.17) is 0 Å². The average molecular weight is 215 g/mol. The molecule has 1 aliphatic heterocycles. The van der Waals surface area contributed by atoms with Gasteiger partial charge in [-0.05, 0) is 18.2 Å². The summed E-state index contributed by atoms with van der Waals surface area (Å²) in [5.74, 6) is 0.850. The Kier molecular flexibility index (Phi) is 2.02. The van der Waals surface area contributed by atoms with Gasteiger partial charge < -0.3 is 10.6 Å². The number of nitrogens with one attached hydrogen (secondary N) is 2. The van der Waals surface area contributed by atoms with Crippen LogP contribution in [0.4, 0.5) is 5.69 Å². The highest BCUT2D eigenvalue weighted by Crippen LogP contribution is 2.18. The fourth-order valence-electron chi connectivity index (χ4n) is 1.86. The fraction of sp³-hybridized carbons (Fsp3) is 0.273. The molecule has 0 bridgehead atoms. The summed E-state index contributed by atoms with van der Waals surface area (Å²) in [6.45, 7) is 1.76. The van der Waals surface area contributed by atoms with Gasteiger partial charge in [0.1, 0.15) is 0 Å². The van der Waals surface area contributed by atoms with E-state index in [0.29, 0.717) is 0 Å². The zero-order chi connectivity index (χ0) is 11.0. The minimum Gasteiger partial charge on any atom is -0.354 e. The summed E-state index contributed by atoms with van der Waals surface area (Å²) >= 11 is 0. The van der Waals surface area contributed by atoms with Gasteiger partial charge in [-0.3, -0.25) is 9.67 Å². The first-order valence-electron chi connectivity index (χ1n) is 5.30. The van der Waals surface area contributed by atoms with Gasteiger partial charge in [0.2, 0.25) is 0 Å². The number of nitrogens with zero attached hydrogens (tertiary/aromatic N) is 3. The molecule has 1 aromatic heterocycles. The van der Waals surface area contributed by atoms with Crippen molar-refractivity contribution in [2.75, 3.05) is 18.4 Å². The van der Waals surface area contributed by atoms with Crippen molar-refractivity contribution in [2.45, 2.75) is 0 Å². The zero-order valence-corrected chi connectivity index (χ0v) is 9.07. The molecule has 0 spiro atoms. The van der Waals surface area contributed by atoms with E-state index in [9.17, 15) is 0 Å². The van der Waals surface area contributed by atoms with Crippen LogP contribution in [0.25, 0.3) is 10.9 Å². The molecule has 0 aliphatic carbocycles. The second kappa shape index (κ2) is 3.52. The molecule has 0 amide bonds. The highest BCUT2D eigenvalue weighted by Gasteiger charge is 2.06. The smallest absolute Gasteiger partial charge is 0.195 e. The molecule has 5 nitrogen and oxygen atoms in total. The van der Waals surface area contributed by atoms with E-state index in [2.05, 4.69) is 32.9 Å². The predicted molar refractivity (Wildman–Crippen MR) is 64.6 cm³/mol. The largest absolute Gasteiger partial charge is 0.354 e. The van der Waals surface area contributed by atoms with Gasteiger partial charge in [-0.25, -0.2) is 0 Å². The zero-order valence-electron chi connectivity index (χ0n) is 9.07. The molecule has 82 valence electrons. The lowest BCUT2D eigenvalue weighted by molar-refractivity contribution is 0.797. The minimum absolute atomic E-state index is 0.845. The minimum atomic E-state index is 0.845. The second-order valence-electron chi connectivity index (χ2n) is 3.82. The number of rotatable bonds is 1. The monoisotopic (exact) mass is 215 g/mol. The number of guanidine groups is 1. The summed E-state index contributed by atoms with van der Waals surface area (Å²) in [5, 5.41) is 11.8.